The second kappa shape index (κ2) is 6.24. The van der Waals surface area contributed by atoms with Crippen LogP contribution < -0.4 is 5.32 Å². The van der Waals surface area contributed by atoms with Crippen LogP contribution in [-0.4, -0.2) is 31.7 Å². The molecule has 2 N–H and O–H groups in total. The van der Waals surface area contributed by atoms with Crippen LogP contribution in [-0.2, 0) is 13.0 Å². The largest absolute Gasteiger partial charge is 0.347 e. The molecule has 24 heavy (non-hydrogen) atoms. The fourth-order valence-electron chi connectivity index (χ4n) is 2.94. The maximum absolute atomic E-state index is 12.4. The molecule has 0 radical (unpaired) electrons. The second-order valence-corrected chi connectivity index (χ2v) is 6.79. The predicted octanol–water partition coefficient (Wildman–Crippen LogP) is 2.78. The Kier molecular flexibility index (Phi) is 3.93. The van der Waals surface area contributed by atoms with Crippen molar-refractivity contribution in [1.29, 1.82) is 0 Å². The molecule has 122 valence electrons. The number of rotatable bonds is 3. The Bertz CT molecular complexity index is 867. The molecule has 4 rings (SSSR count). The Morgan fingerprint density at radius 2 is 2.17 bits per heavy atom. The highest BCUT2D eigenvalue weighted by Gasteiger charge is 2.22. The zero-order valence-electron chi connectivity index (χ0n) is 12.9. The second-order valence-electron chi connectivity index (χ2n) is 5.87. The van der Waals surface area contributed by atoms with Crippen LogP contribution in [0.3, 0.4) is 0 Å². The van der Waals surface area contributed by atoms with Gasteiger partial charge in [0.2, 0.25) is 0 Å². The third-order valence-corrected chi connectivity index (χ3v) is 4.78. The minimum absolute atomic E-state index is 0.104. The molecule has 0 saturated carbocycles. The van der Waals surface area contributed by atoms with Gasteiger partial charge in [0.25, 0.3) is 5.91 Å². The predicted molar refractivity (Wildman–Crippen MR) is 93.5 cm³/mol. The van der Waals surface area contributed by atoms with Crippen molar-refractivity contribution >= 4 is 21.8 Å². The van der Waals surface area contributed by atoms with E-state index < -0.39 is 0 Å². The molecular weight excluding hydrogens is 370 g/mol. The highest BCUT2D eigenvalue weighted by molar-refractivity contribution is 9.10. The number of carbonyl (C=O) groups excluding carboxylic acids is 1. The standard InChI is InChI=1S/C17H16BrN5O/c18-12-3-1-11(2-4-12)14-10-15(22-21-14)17(24)20-13-5-7-23-8-6-19-16(23)9-13/h1-4,6,8,10,13H,5,7,9H2,(H,20,24)(H,21,22). The molecule has 0 saturated heterocycles. The first-order chi connectivity index (χ1) is 11.7. The summed E-state index contributed by atoms with van der Waals surface area (Å²) in [7, 11) is 0. The Balaban J connectivity index is 1.45. The van der Waals surface area contributed by atoms with Gasteiger partial charge >= 0.3 is 0 Å². The Labute approximate surface area is 147 Å². The molecule has 3 aromatic rings. The van der Waals surface area contributed by atoms with Crippen LogP contribution in [0.4, 0.5) is 0 Å². The number of aromatic nitrogens is 4. The lowest BCUT2D eigenvalue weighted by Gasteiger charge is -2.23. The summed E-state index contributed by atoms with van der Waals surface area (Å²) in [6, 6.07) is 9.71. The molecule has 6 nitrogen and oxygen atoms in total. The van der Waals surface area contributed by atoms with Gasteiger partial charge in [0.15, 0.2) is 0 Å². The van der Waals surface area contributed by atoms with Crippen LogP contribution in [0.2, 0.25) is 0 Å². The molecule has 1 aromatic carbocycles. The van der Waals surface area contributed by atoms with E-state index in [4.69, 9.17) is 0 Å². The van der Waals surface area contributed by atoms with Gasteiger partial charge in [-0.05, 0) is 24.6 Å². The number of imidazole rings is 1. The summed E-state index contributed by atoms with van der Waals surface area (Å²) < 4.78 is 3.14. The van der Waals surface area contributed by atoms with Crippen LogP contribution in [0.15, 0.2) is 47.2 Å². The molecule has 1 amide bonds. The summed E-state index contributed by atoms with van der Waals surface area (Å²) in [5.74, 6) is 0.891. The van der Waals surface area contributed by atoms with Crippen LogP contribution in [0.5, 0.6) is 0 Å². The van der Waals surface area contributed by atoms with Gasteiger partial charge in [0.05, 0.1) is 5.69 Å². The maximum atomic E-state index is 12.4. The number of fused-ring (bicyclic) bond motifs is 1. The minimum atomic E-state index is -0.129. The third kappa shape index (κ3) is 2.99. The molecular formula is C17H16BrN5O. The number of halogens is 1. The van der Waals surface area contributed by atoms with Crippen LogP contribution >= 0.6 is 15.9 Å². The number of H-pyrrole nitrogens is 1. The molecule has 1 aliphatic rings. The first kappa shape index (κ1) is 15.1. The van der Waals surface area contributed by atoms with E-state index in [9.17, 15) is 4.79 Å². The highest BCUT2D eigenvalue weighted by atomic mass is 79.9. The summed E-state index contributed by atoms with van der Waals surface area (Å²) in [6.45, 7) is 0.882. The summed E-state index contributed by atoms with van der Waals surface area (Å²) >= 11 is 3.41. The number of aryl methyl sites for hydroxylation is 1. The first-order valence-electron chi connectivity index (χ1n) is 7.81. The Morgan fingerprint density at radius 1 is 1.33 bits per heavy atom. The molecule has 1 unspecified atom stereocenters. The number of nitrogens with one attached hydrogen (secondary N) is 2. The number of aromatic amines is 1. The smallest absolute Gasteiger partial charge is 0.269 e. The van der Waals surface area contributed by atoms with E-state index in [1.807, 2.05) is 30.5 Å². The van der Waals surface area contributed by atoms with Crippen molar-refractivity contribution in [2.75, 3.05) is 0 Å². The van der Waals surface area contributed by atoms with E-state index in [1.54, 1.807) is 12.3 Å². The van der Waals surface area contributed by atoms with Crippen molar-refractivity contribution in [1.82, 2.24) is 25.1 Å². The van der Waals surface area contributed by atoms with Gasteiger partial charge in [-0.15, -0.1) is 0 Å². The monoisotopic (exact) mass is 385 g/mol. The summed E-state index contributed by atoms with van der Waals surface area (Å²) in [5, 5.41) is 10.1. The quantitative estimate of drug-likeness (QED) is 0.727. The van der Waals surface area contributed by atoms with Gasteiger partial charge in [-0.1, -0.05) is 28.1 Å². The normalized spacial score (nSPS) is 16.6. The van der Waals surface area contributed by atoms with Crippen molar-refractivity contribution in [2.45, 2.75) is 25.4 Å². The number of hydrogen-bond donors (Lipinski definition) is 2. The Hall–Kier alpha value is -2.41. The van der Waals surface area contributed by atoms with Gasteiger partial charge in [0, 0.05) is 41.4 Å². The van der Waals surface area contributed by atoms with Crippen molar-refractivity contribution in [3.8, 4) is 11.3 Å². The molecule has 0 fully saturated rings. The SMILES string of the molecule is O=C(NC1CCn2ccnc2C1)c1cc(-c2ccc(Br)cc2)n[nH]1. The van der Waals surface area contributed by atoms with Crippen molar-refractivity contribution < 1.29 is 4.79 Å². The number of hydrogen-bond acceptors (Lipinski definition) is 3. The molecule has 1 aliphatic heterocycles. The van der Waals surface area contributed by atoms with Crippen LogP contribution in [0, 0.1) is 0 Å². The lowest BCUT2D eigenvalue weighted by atomic mass is 10.1. The fraction of sp³-hybridized carbons (Fsp3) is 0.235. The van der Waals surface area contributed by atoms with E-state index in [0.717, 1.165) is 40.9 Å². The number of carbonyl (C=O) groups is 1. The third-order valence-electron chi connectivity index (χ3n) is 4.25. The summed E-state index contributed by atoms with van der Waals surface area (Å²) in [6.07, 6.45) is 5.45. The highest BCUT2D eigenvalue weighted by Crippen LogP contribution is 2.21. The Morgan fingerprint density at radius 3 is 3.00 bits per heavy atom. The molecule has 0 aliphatic carbocycles. The summed E-state index contributed by atoms with van der Waals surface area (Å²) in [4.78, 5) is 16.8. The fourth-order valence-corrected chi connectivity index (χ4v) is 3.21. The lowest BCUT2D eigenvalue weighted by Crippen LogP contribution is -2.40. The number of benzene rings is 1. The van der Waals surface area contributed by atoms with Gasteiger partial charge < -0.3 is 9.88 Å². The molecule has 3 heterocycles. The average Bonchev–Trinajstić information content (AvgIpc) is 3.24. The van der Waals surface area contributed by atoms with Gasteiger partial charge in [-0.25, -0.2) is 4.98 Å². The van der Waals surface area contributed by atoms with Crippen molar-refractivity contribution in [3.05, 3.63) is 58.7 Å². The summed E-state index contributed by atoms with van der Waals surface area (Å²) in [5.41, 5.74) is 2.20. The van der Waals surface area contributed by atoms with Gasteiger partial charge in [-0.2, -0.15) is 5.10 Å². The molecule has 2 aromatic heterocycles. The van der Waals surface area contributed by atoms with Gasteiger partial charge in [-0.3, -0.25) is 9.89 Å². The topological polar surface area (TPSA) is 75.6 Å². The minimum Gasteiger partial charge on any atom is -0.347 e. The molecule has 0 spiro atoms. The van der Waals surface area contributed by atoms with E-state index in [-0.39, 0.29) is 11.9 Å². The molecule has 0 bridgehead atoms. The molecule has 7 heteroatoms. The number of amides is 1. The van der Waals surface area contributed by atoms with E-state index in [0.29, 0.717) is 5.69 Å². The average molecular weight is 386 g/mol. The zero-order valence-corrected chi connectivity index (χ0v) is 14.5. The van der Waals surface area contributed by atoms with E-state index in [2.05, 4.69) is 41.0 Å². The van der Waals surface area contributed by atoms with E-state index in [1.165, 1.54) is 0 Å². The van der Waals surface area contributed by atoms with Crippen molar-refractivity contribution in [2.24, 2.45) is 0 Å². The van der Waals surface area contributed by atoms with Gasteiger partial charge in [0.1, 0.15) is 11.5 Å². The first-order valence-corrected chi connectivity index (χ1v) is 8.60. The molecule has 1 atom stereocenters. The maximum Gasteiger partial charge on any atom is 0.269 e. The lowest BCUT2D eigenvalue weighted by molar-refractivity contribution is 0.0925. The van der Waals surface area contributed by atoms with Crippen molar-refractivity contribution in [3.63, 3.8) is 0 Å². The van der Waals surface area contributed by atoms with E-state index >= 15 is 0 Å². The van der Waals surface area contributed by atoms with Crippen LogP contribution in [0.1, 0.15) is 22.7 Å². The van der Waals surface area contributed by atoms with Crippen LogP contribution in [0.25, 0.3) is 11.3 Å². The number of nitrogens with zero attached hydrogens (tertiary/aromatic N) is 3. The zero-order chi connectivity index (χ0) is 16.5.